The molecule has 9 nitrogen and oxygen atoms in total. The highest BCUT2D eigenvalue weighted by molar-refractivity contribution is 5.77. The summed E-state index contributed by atoms with van der Waals surface area (Å²) >= 11 is 0. The van der Waals surface area contributed by atoms with E-state index in [0.717, 1.165) is 4.57 Å². The number of anilines is 2. The average Bonchev–Trinajstić information content (AvgIpc) is 3.10. The van der Waals surface area contributed by atoms with Crippen LogP contribution in [0.2, 0.25) is 0 Å². The Hall–Kier alpha value is -4.53. The smallest absolute Gasteiger partial charge is 0.359 e. The highest BCUT2D eigenvalue weighted by atomic mass is 16.5. The lowest BCUT2D eigenvalue weighted by Crippen LogP contribution is -2.26. The van der Waals surface area contributed by atoms with Crippen LogP contribution in [-0.4, -0.2) is 32.8 Å². The van der Waals surface area contributed by atoms with Gasteiger partial charge in [-0.3, -0.25) is 0 Å². The van der Waals surface area contributed by atoms with E-state index in [9.17, 15) is 9.59 Å². The number of nitrogens with zero attached hydrogens (tertiary/aromatic N) is 4. The fourth-order valence-corrected chi connectivity index (χ4v) is 3.58. The van der Waals surface area contributed by atoms with Crippen molar-refractivity contribution in [2.75, 3.05) is 19.5 Å². The number of hydrogen-bond donors (Lipinski definition) is 1. The first kappa shape index (κ1) is 19.4. The van der Waals surface area contributed by atoms with Crippen LogP contribution in [0.3, 0.4) is 0 Å². The highest BCUT2D eigenvalue weighted by Crippen LogP contribution is 2.22. The normalized spacial score (nSPS) is 11.1. The molecule has 32 heavy (non-hydrogen) atoms. The van der Waals surface area contributed by atoms with E-state index >= 15 is 0 Å². The third-order valence-electron chi connectivity index (χ3n) is 5.14. The van der Waals surface area contributed by atoms with E-state index in [0.29, 0.717) is 33.9 Å². The van der Waals surface area contributed by atoms with Crippen molar-refractivity contribution in [2.45, 2.75) is 0 Å². The zero-order chi connectivity index (χ0) is 22.2. The molecular formula is C23H19N5O4. The van der Waals surface area contributed by atoms with Gasteiger partial charge in [-0.1, -0.05) is 18.2 Å². The van der Waals surface area contributed by atoms with Gasteiger partial charge in [0.25, 0.3) is 0 Å². The lowest BCUT2D eigenvalue weighted by Gasteiger charge is -2.11. The van der Waals surface area contributed by atoms with Crippen LogP contribution in [0.5, 0.6) is 11.5 Å². The van der Waals surface area contributed by atoms with Gasteiger partial charge in [-0.25, -0.2) is 19.1 Å². The van der Waals surface area contributed by atoms with Crippen LogP contribution in [0.15, 0.2) is 82.4 Å². The van der Waals surface area contributed by atoms with E-state index in [-0.39, 0.29) is 5.95 Å². The van der Waals surface area contributed by atoms with Crippen molar-refractivity contribution in [3.05, 3.63) is 93.8 Å². The molecule has 2 heterocycles. The third kappa shape index (κ3) is 3.07. The second-order valence-electron chi connectivity index (χ2n) is 7.00. The second-order valence-corrected chi connectivity index (χ2v) is 7.00. The van der Waals surface area contributed by atoms with Gasteiger partial charge in [0.15, 0.2) is 0 Å². The molecular weight excluding hydrogens is 410 g/mol. The van der Waals surface area contributed by atoms with Crippen LogP contribution < -0.4 is 26.2 Å². The summed E-state index contributed by atoms with van der Waals surface area (Å²) in [7, 11) is 3.12. The maximum atomic E-state index is 13.4. The molecule has 0 atom stereocenters. The molecule has 0 radical (unpaired) electrons. The Morgan fingerprint density at radius 1 is 0.781 bits per heavy atom. The zero-order valence-corrected chi connectivity index (χ0v) is 17.4. The minimum atomic E-state index is -0.547. The summed E-state index contributed by atoms with van der Waals surface area (Å²) in [5, 5.41) is 3.14. The van der Waals surface area contributed by atoms with Crippen LogP contribution in [0, 0.1) is 0 Å². The summed E-state index contributed by atoms with van der Waals surface area (Å²) in [6, 6.07) is 21.1. The van der Waals surface area contributed by atoms with Gasteiger partial charge in [-0.15, -0.1) is 0 Å². The first-order chi connectivity index (χ1) is 15.6. The standard InChI is InChI=1S/C23H19N5O4/c1-31-17-10-8-15(9-11-17)24-21-25-19-13-12-18(32-2)14-20(19)27-22(29)26(23(30)28(21)27)16-6-4-3-5-7-16/h3-14H,1-2H3,(H,24,25). The number of para-hydroxylation sites is 1. The number of ether oxygens (including phenoxy) is 2. The van der Waals surface area contributed by atoms with E-state index < -0.39 is 11.4 Å². The fraction of sp³-hybridized carbons (Fsp3) is 0.0870. The Kier molecular flexibility index (Phi) is 4.63. The number of benzene rings is 3. The molecule has 0 fully saturated rings. The maximum Gasteiger partial charge on any atom is 0.359 e. The SMILES string of the molecule is COc1ccc(Nc2nc3ccc(OC)cc3n3c(=O)n(-c4ccccc4)c(=O)n23)cc1. The van der Waals surface area contributed by atoms with E-state index in [1.54, 1.807) is 73.8 Å². The minimum absolute atomic E-state index is 0.199. The van der Waals surface area contributed by atoms with Crippen molar-refractivity contribution in [2.24, 2.45) is 0 Å². The summed E-state index contributed by atoms with van der Waals surface area (Å²) < 4.78 is 14.1. The topological polar surface area (TPSA) is 91.3 Å². The molecule has 0 saturated carbocycles. The molecule has 160 valence electrons. The van der Waals surface area contributed by atoms with Gasteiger partial charge >= 0.3 is 11.4 Å². The molecule has 0 amide bonds. The Bertz CT molecular complexity index is 1550. The molecule has 0 bridgehead atoms. The van der Waals surface area contributed by atoms with Gasteiger partial charge in [0.05, 0.1) is 30.9 Å². The number of rotatable bonds is 5. The summed E-state index contributed by atoms with van der Waals surface area (Å²) in [4.78, 5) is 31.5. The van der Waals surface area contributed by atoms with Crippen molar-refractivity contribution in [3.8, 4) is 17.2 Å². The Balaban J connectivity index is 1.83. The van der Waals surface area contributed by atoms with Crippen molar-refractivity contribution in [3.63, 3.8) is 0 Å². The Labute approximate surface area is 181 Å². The Morgan fingerprint density at radius 3 is 2.12 bits per heavy atom. The number of hydrogen-bond acceptors (Lipinski definition) is 6. The van der Waals surface area contributed by atoms with Crippen molar-refractivity contribution >= 4 is 22.7 Å². The molecule has 0 spiro atoms. The fourth-order valence-electron chi connectivity index (χ4n) is 3.58. The molecule has 2 aromatic heterocycles. The van der Waals surface area contributed by atoms with E-state index in [4.69, 9.17) is 9.47 Å². The first-order valence-electron chi connectivity index (χ1n) is 9.82. The largest absolute Gasteiger partial charge is 0.497 e. The van der Waals surface area contributed by atoms with Crippen LogP contribution in [0.1, 0.15) is 0 Å². The van der Waals surface area contributed by atoms with Gasteiger partial charge in [-0.05, 0) is 48.5 Å². The zero-order valence-electron chi connectivity index (χ0n) is 17.4. The summed E-state index contributed by atoms with van der Waals surface area (Å²) in [6.07, 6.45) is 0. The average molecular weight is 429 g/mol. The predicted molar refractivity (Wildman–Crippen MR) is 121 cm³/mol. The molecule has 0 aliphatic rings. The van der Waals surface area contributed by atoms with Gasteiger partial charge in [0.2, 0.25) is 5.95 Å². The van der Waals surface area contributed by atoms with Gasteiger partial charge in [-0.2, -0.15) is 9.03 Å². The summed E-state index contributed by atoms with van der Waals surface area (Å²) in [6.45, 7) is 0. The maximum absolute atomic E-state index is 13.4. The van der Waals surface area contributed by atoms with Gasteiger partial charge in [0, 0.05) is 11.8 Å². The monoisotopic (exact) mass is 429 g/mol. The van der Waals surface area contributed by atoms with Crippen LogP contribution in [-0.2, 0) is 0 Å². The van der Waals surface area contributed by atoms with E-state index in [2.05, 4.69) is 10.3 Å². The van der Waals surface area contributed by atoms with Crippen molar-refractivity contribution in [1.82, 2.24) is 18.6 Å². The molecule has 9 heteroatoms. The first-order valence-corrected chi connectivity index (χ1v) is 9.82. The molecule has 5 rings (SSSR count). The minimum Gasteiger partial charge on any atom is -0.497 e. The number of aromatic nitrogens is 4. The molecule has 3 aromatic carbocycles. The number of fused-ring (bicyclic) bond motifs is 3. The molecule has 0 unspecified atom stereocenters. The molecule has 1 N–H and O–H groups in total. The Morgan fingerprint density at radius 2 is 1.44 bits per heavy atom. The van der Waals surface area contributed by atoms with Gasteiger partial charge in [0.1, 0.15) is 11.5 Å². The molecule has 0 saturated heterocycles. The van der Waals surface area contributed by atoms with Crippen LogP contribution >= 0.6 is 0 Å². The summed E-state index contributed by atoms with van der Waals surface area (Å²) in [5.41, 5.74) is 1.05. The number of nitrogens with one attached hydrogen (secondary N) is 1. The van der Waals surface area contributed by atoms with Crippen LogP contribution in [0.25, 0.3) is 16.7 Å². The van der Waals surface area contributed by atoms with Crippen LogP contribution in [0.4, 0.5) is 11.6 Å². The molecule has 5 aromatic rings. The lowest BCUT2D eigenvalue weighted by atomic mass is 10.3. The predicted octanol–water partition coefficient (Wildman–Crippen LogP) is 2.86. The summed E-state index contributed by atoms with van der Waals surface area (Å²) in [5.74, 6) is 1.44. The highest BCUT2D eigenvalue weighted by Gasteiger charge is 2.19. The van der Waals surface area contributed by atoms with Gasteiger partial charge < -0.3 is 14.8 Å². The van der Waals surface area contributed by atoms with Crippen molar-refractivity contribution in [1.29, 1.82) is 0 Å². The quantitative estimate of drug-likeness (QED) is 0.462. The molecule has 0 aliphatic carbocycles. The van der Waals surface area contributed by atoms with E-state index in [1.807, 2.05) is 6.07 Å². The molecule has 0 aliphatic heterocycles. The third-order valence-corrected chi connectivity index (χ3v) is 5.14. The lowest BCUT2D eigenvalue weighted by molar-refractivity contribution is 0.415. The second kappa shape index (κ2) is 7.62. The van der Waals surface area contributed by atoms with E-state index in [1.165, 1.54) is 16.1 Å². The van der Waals surface area contributed by atoms with Crippen molar-refractivity contribution < 1.29 is 9.47 Å². The number of methoxy groups -OCH3 is 2.